The molecule has 56 valence electrons. The molecule has 5 nitrogen and oxygen atoms in total. The maximum absolute atomic E-state index is 10.7. The molecule has 0 atom stereocenters. The van der Waals surface area contributed by atoms with Crippen molar-refractivity contribution in [3.63, 3.8) is 0 Å². The Hall–Kier alpha value is 0.0700. The fraction of sp³-hybridized carbons (Fsp3) is 1.00. The van der Waals surface area contributed by atoms with Gasteiger partial charge in [0.25, 0.3) is 0 Å². The first-order valence-corrected chi connectivity index (χ1v) is 3.61. The van der Waals surface area contributed by atoms with E-state index in [1.165, 1.54) is 14.2 Å². The number of aliphatic hydroxyl groups excluding tert-OH is 1. The van der Waals surface area contributed by atoms with Crippen LogP contribution in [0, 0.1) is 0 Å². The van der Waals surface area contributed by atoms with Crippen LogP contribution in [0.3, 0.4) is 0 Å². The molecule has 0 amide bonds. The molecule has 0 radical (unpaired) electrons. The molecule has 0 aromatic rings. The highest BCUT2D eigenvalue weighted by Gasteiger charge is 2.21. The summed E-state index contributed by atoms with van der Waals surface area (Å²) >= 11 is 0. The summed E-state index contributed by atoms with van der Waals surface area (Å²) in [6.45, 7) is -0.682. The van der Waals surface area contributed by atoms with E-state index in [1.54, 1.807) is 0 Å². The Balaban J connectivity index is 3.78. The lowest BCUT2D eigenvalue weighted by atomic mass is 11.6. The van der Waals surface area contributed by atoms with Crippen LogP contribution in [0.25, 0.3) is 0 Å². The second kappa shape index (κ2) is 3.98. The molecule has 0 aliphatic rings. The zero-order valence-corrected chi connectivity index (χ0v) is 6.13. The van der Waals surface area contributed by atoms with E-state index < -0.39 is 14.6 Å². The van der Waals surface area contributed by atoms with Gasteiger partial charge >= 0.3 is 7.82 Å². The SMILES string of the molecule is COP(=O)(OC)OCO. The predicted octanol–water partition coefficient (Wildman–Crippen LogP) is 0.354. The average Bonchev–Trinajstić information content (AvgIpc) is 1.89. The normalized spacial score (nSPS) is 11.9. The van der Waals surface area contributed by atoms with Crippen LogP contribution in [-0.2, 0) is 18.1 Å². The summed E-state index contributed by atoms with van der Waals surface area (Å²) in [7, 11) is -1.10. The van der Waals surface area contributed by atoms with E-state index in [1.807, 2.05) is 0 Å². The van der Waals surface area contributed by atoms with Crippen molar-refractivity contribution in [1.82, 2.24) is 0 Å². The summed E-state index contributed by atoms with van der Waals surface area (Å²) in [6, 6.07) is 0. The lowest BCUT2D eigenvalue weighted by Crippen LogP contribution is -1.95. The minimum atomic E-state index is -3.43. The zero-order chi connectivity index (χ0) is 7.33. The average molecular weight is 156 g/mol. The predicted molar refractivity (Wildman–Crippen MR) is 29.8 cm³/mol. The van der Waals surface area contributed by atoms with Gasteiger partial charge in [0.1, 0.15) is 0 Å². The van der Waals surface area contributed by atoms with Crippen molar-refractivity contribution in [2.45, 2.75) is 0 Å². The van der Waals surface area contributed by atoms with Crippen molar-refractivity contribution in [3.05, 3.63) is 0 Å². The van der Waals surface area contributed by atoms with E-state index in [0.29, 0.717) is 0 Å². The Morgan fingerprint density at radius 3 is 2.00 bits per heavy atom. The Labute approximate surface area is 53.2 Å². The van der Waals surface area contributed by atoms with E-state index in [0.717, 1.165) is 0 Å². The largest absolute Gasteiger partial charge is 0.476 e. The van der Waals surface area contributed by atoms with Crippen LogP contribution < -0.4 is 0 Å². The highest BCUT2D eigenvalue weighted by molar-refractivity contribution is 7.48. The topological polar surface area (TPSA) is 65.0 Å². The van der Waals surface area contributed by atoms with Crippen LogP contribution >= 0.6 is 7.82 Å². The quantitative estimate of drug-likeness (QED) is 0.470. The van der Waals surface area contributed by atoms with Crippen molar-refractivity contribution < 1.29 is 23.2 Å². The van der Waals surface area contributed by atoms with E-state index in [4.69, 9.17) is 5.11 Å². The molecule has 0 saturated heterocycles. The summed E-state index contributed by atoms with van der Waals surface area (Å²) in [4.78, 5) is 0. The van der Waals surface area contributed by atoms with Gasteiger partial charge in [0.2, 0.25) is 0 Å². The molecule has 1 N–H and O–H groups in total. The van der Waals surface area contributed by atoms with Crippen LogP contribution in [0.2, 0.25) is 0 Å². The van der Waals surface area contributed by atoms with Gasteiger partial charge < -0.3 is 5.11 Å². The van der Waals surface area contributed by atoms with Crippen molar-refractivity contribution >= 4 is 7.82 Å². The molecule has 0 aromatic carbocycles. The molecule has 0 aliphatic heterocycles. The van der Waals surface area contributed by atoms with Gasteiger partial charge in [0.05, 0.1) is 0 Å². The summed E-state index contributed by atoms with van der Waals surface area (Å²) in [5.41, 5.74) is 0. The third-order valence-electron chi connectivity index (χ3n) is 0.663. The highest BCUT2D eigenvalue weighted by atomic mass is 31.2. The van der Waals surface area contributed by atoms with Gasteiger partial charge in [0, 0.05) is 14.2 Å². The van der Waals surface area contributed by atoms with Gasteiger partial charge in [-0.3, -0.25) is 13.6 Å². The molecule has 0 rings (SSSR count). The molecule has 0 bridgehead atoms. The first kappa shape index (κ1) is 9.07. The van der Waals surface area contributed by atoms with Crippen LogP contribution in [0.1, 0.15) is 0 Å². The van der Waals surface area contributed by atoms with Crippen molar-refractivity contribution in [2.24, 2.45) is 0 Å². The molecule has 0 aromatic heterocycles. The summed E-state index contributed by atoms with van der Waals surface area (Å²) in [5, 5.41) is 8.11. The second-order valence-electron chi connectivity index (χ2n) is 1.07. The van der Waals surface area contributed by atoms with E-state index in [2.05, 4.69) is 13.6 Å². The van der Waals surface area contributed by atoms with Gasteiger partial charge in [-0.05, 0) is 0 Å². The number of aliphatic hydroxyl groups is 1. The van der Waals surface area contributed by atoms with Gasteiger partial charge in [-0.1, -0.05) is 0 Å². The molecule has 0 heterocycles. The van der Waals surface area contributed by atoms with Crippen molar-refractivity contribution in [3.8, 4) is 0 Å². The zero-order valence-electron chi connectivity index (χ0n) is 5.23. The minimum absolute atomic E-state index is 0.682. The first-order chi connectivity index (χ1) is 4.18. The Kier molecular flexibility index (Phi) is 4.01. The molecule has 0 fully saturated rings. The molecule has 9 heavy (non-hydrogen) atoms. The second-order valence-corrected chi connectivity index (χ2v) is 2.95. The summed E-state index contributed by atoms with van der Waals surface area (Å²) in [6.07, 6.45) is 0. The molecule has 6 heteroatoms. The molecule has 0 aliphatic carbocycles. The lowest BCUT2D eigenvalue weighted by molar-refractivity contribution is 0.0519. The fourth-order valence-electron chi connectivity index (χ4n) is 0.251. The van der Waals surface area contributed by atoms with Gasteiger partial charge in [0.15, 0.2) is 6.79 Å². The maximum Gasteiger partial charge on any atom is 0.476 e. The standard InChI is InChI=1S/C3H9O5P/c1-6-9(5,7-2)8-3-4/h4H,3H2,1-2H3. The Bertz CT molecular complexity index is 105. The number of hydrogen-bond donors (Lipinski definition) is 1. The van der Waals surface area contributed by atoms with Crippen molar-refractivity contribution in [1.29, 1.82) is 0 Å². The molecule has 0 spiro atoms. The van der Waals surface area contributed by atoms with Gasteiger partial charge in [-0.2, -0.15) is 0 Å². The van der Waals surface area contributed by atoms with Crippen LogP contribution in [-0.4, -0.2) is 26.1 Å². The summed E-state index contributed by atoms with van der Waals surface area (Å²) in [5.74, 6) is 0. The Morgan fingerprint density at radius 1 is 1.44 bits per heavy atom. The third kappa shape index (κ3) is 2.93. The number of hydrogen-bond acceptors (Lipinski definition) is 5. The minimum Gasteiger partial charge on any atom is -0.370 e. The van der Waals surface area contributed by atoms with Gasteiger partial charge in [-0.25, -0.2) is 4.57 Å². The van der Waals surface area contributed by atoms with Crippen LogP contribution in [0.4, 0.5) is 0 Å². The van der Waals surface area contributed by atoms with Crippen molar-refractivity contribution in [2.75, 3.05) is 21.0 Å². The molecule has 0 saturated carbocycles. The van der Waals surface area contributed by atoms with E-state index >= 15 is 0 Å². The van der Waals surface area contributed by atoms with Crippen LogP contribution in [0.15, 0.2) is 0 Å². The van der Waals surface area contributed by atoms with Crippen LogP contribution in [0.5, 0.6) is 0 Å². The number of phosphoric ester groups is 1. The fourth-order valence-corrected chi connectivity index (χ4v) is 0.752. The molecule has 0 unspecified atom stereocenters. The van der Waals surface area contributed by atoms with E-state index in [-0.39, 0.29) is 0 Å². The monoisotopic (exact) mass is 156 g/mol. The molecular formula is C3H9O5P. The molecular weight excluding hydrogens is 147 g/mol. The third-order valence-corrected chi connectivity index (χ3v) is 1.99. The lowest BCUT2D eigenvalue weighted by Gasteiger charge is -2.09. The summed E-state index contributed by atoms with van der Waals surface area (Å²) < 4.78 is 23.5. The first-order valence-electron chi connectivity index (χ1n) is 2.15. The maximum atomic E-state index is 10.7. The number of phosphoric acid groups is 1. The highest BCUT2D eigenvalue weighted by Crippen LogP contribution is 2.46. The number of rotatable bonds is 4. The van der Waals surface area contributed by atoms with Gasteiger partial charge in [-0.15, -0.1) is 0 Å². The van der Waals surface area contributed by atoms with E-state index in [9.17, 15) is 4.57 Å². The smallest absolute Gasteiger partial charge is 0.370 e. The Morgan fingerprint density at radius 2 is 1.89 bits per heavy atom.